The van der Waals surface area contributed by atoms with Crippen molar-refractivity contribution in [3.63, 3.8) is 0 Å². The number of rotatable bonds is 2. The van der Waals surface area contributed by atoms with Crippen LogP contribution in [-0.4, -0.2) is 11.0 Å². The normalized spacial score (nSPS) is 26.3. The Morgan fingerprint density at radius 3 is 2.80 bits per heavy atom. The number of aromatic nitrogens is 1. The van der Waals surface area contributed by atoms with Gasteiger partial charge in [-0.05, 0) is 37.3 Å². The van der Waals surface area contributed by atoms with E-state index in [0.717, 1.165) is 5.92 Å². The lowest BCUT2D eigenvalue weighted by Crippen LogP contribution is -2.30. The molecule has 0 aromatic carbocycles. The van der Waals surface area contributed by atoms with Crippen LogP contribution in [0.3, 0.4) is 0 Å². The van der Waals surface area contributed by atoms with E-state index < -0.39 is 0 Å². The fourth-order valence-corrected chi connectivity index (χ4v) is 2.38. The standard InChI is InChI=1S/C13H20N2/c1-10-7-12(9-14-8-10)15-13-6-4-3-5-11(13)2/h7-9,11,13,15H,3-6H2,1-2H3. The highest BCUT2D eigenvalue weighted by atomic mass is 14.9. The molecule has 0 radical (unpaired) electrons. The van der Waals surface area contributed by atoms with Gasteiger partial charge in [0.05, 0.1) is 5.69 Å². The van der Waals surface area contributed by atoms with E-state index in [2.05, 4.69) is 30.2 Å². The van der Waals surface area contributed by atoms with Gasteiger partial charge in [-0.2, -0.15) is 0 Å². The van der Waals surface area contributed by atoms with Gasteiger partial charge in [0.15, 0.2) is 0 Å². The lowest BCUT2D eigenvalue weighted by atomic mass is 9.86. The highest BCUT2D eigenvalue weighted by Gasteiger charge is 2.20. The van der Waals surface area contributed by atoms with Gasteiger partial charge in [-0.1, -0.05) is 19.8 Å². The van der Waals surface area contributed by atoms with Crippen LogP contribution in [-0.2, 0) is 0 Å². The van der Waals surface area contributed by atoms with Crippen molar-refractivity contribution in [1.82, 2.24) is 4.98 Å². The lowest BCUT2D eigenvalue weighted by molar-refractivity contribution is 0.349. The van der Waals surface area contributed by atoms with E-state index in [-0.39, 0.29) is 0 Å². The molecule has 1 saturated carbocycles. The van der Waals surface area contributed by atoms with E-state index >= 15 is 0 Å². The summed E-state index contributed by atoms with van der Waals surface area (Å²) >= 11 is 0. The Hall–Kier alpha value is -1.05. The van der Waals surface area contributed by atoms with E-state index in [1.807, 2.05) is 12.4 Å². The molecule has 1 aromatic heterocycles. The first-order valence-electron chi connectivity index (χ1n) is 5.94. The molecule has 0 amide bonds. The highest BCUT2D eigenvalue weighted by molar-refractivity contribution is 5.43. The molecule has 1 aliphatic carbocycles. The predicted molar refractivity (Wildman–Crippen MR) is 64.0 cm³/mol. The number of hydrogen-bond donors (Lipinski definition) is 1. The second-order valence-electron chi connectivity index (χ2n) is 4.76. The zero-order chi connectivity index (χ0) is 10.7. The van der Waals surface area contributed by atoms with Gasteiger partial charge in [0.25, 0.3) is 0 Å². The average molecular weight is 204 g/mol. The summed E-state index contributed by atoms with van der Waals surface area (Å²) in [7, 11) is 0. The molecular formula is C13H20N2. The van der Waals surface area contributed by atoms with E-state index in [9.17, 15) is 0 Å². The summed E-state index contributed by atoms with van der Waals surface area (Å²) in [6.07, 6.45) is 9.24. The molecule has 1 aliphatic rings. The molecule has 0 bridgehead atoms. The monoisotopic (exact) mass is 204 g/mol. The summed E-state index contributed by atoms with van der Waals surface area (Å²) in [5.41, 5.74) is 2.40. The third kappa shape index (κ3) is 2.71. The van der Waals surface area contributed by atoms with Crippen molar-refractivity contribution in [3.8, 4) is 0 Å². The van der Waals surface area contributed by atoms with Crippen molar-refractivity contribution in [2.75, 3.05) is 5.32 Å². The van der Waals surface area contributed by atoms with Crippen molar-refractivity contribution in [3.05, 3.63) is 24.0 Å². The van der Waals surface area contributed by atoms with Crippen LogP contribution in [0.5, 0.6) is 0 Å². The van der Waals surface area contributed by atoms with Crippen molar-refractivity contribution in [2.24, 2.45) is 5.92 Å². The Kier molecular flexibility index (Phi) is 3.24. The number of nitrogens with zero attached hydrogens (tertiary/aromatic N) is 1. The highest BCUT2D eigenvalue weighted by Crippen LogP contribution is 2.26. The number of nitrogens with one attached hydrogen (secondary N) is 1. The first-order valence-corrected chi connectivity index (χ1v) is 5.94. The van der Waals surface area contributed by atoms with E-state index in [4.69, 9.17) is 0 Å². The number of anilines is 1. The molecule has 0 aliphatic heterocycles. The van der Waals surface area contributed by atoms with Gasteiger partial charge in [0.1, 0.15) is 0 Å². The zero-order valence-corrected chi connectivity index (χ0v) is 9.66. The van der Waals surface area contributed by atoms with Crippen molar-refractivity contribution in [1.29, 1.82) is 0 Å². The Labute approximate surface area is 92.1 Å². The third-order valence-electron chi connectivity index (χ3n) is 3.34. The predicted octanol–water partition coefficient (Wildman–Crippen LogP) is 3.38. The van der Waals surface area contributed by atoms with Gasteiger partial charge >= 0.3 is 0 Å². The maximum absolute atomic E-state index is 4.21. The summed E-state index contributed by atoms with van der Waals surface area (Å²) < 4.78 is 0. The Morgan fingerprint density at radius 2 is 2.07 bits per heavy atom. The molecule has 15 heavy (non-hydrogen) atoms. The maximum Gasteiger partial charge on any atom is 0.0531 e. The average Bonchev–Trinajstić information content (AvgIpc) is 2.22. The first-order chi connectivity index (χ1) is 7.25. The van der Waals surface area contributed by atoms with Gasteiger partial charge in [0, 0.05) is 18.4 Å². The second kappa shape index (κ2) is 4.65. The molecule has 2 heteroatoms. The molecule has 2 atom stereocenters. The van der Waals surface area contributed by atoms with Gasteiger partial charge < -0.3 is 5.32 Å². The molecular weight excluding hydrogens is 184 g/mol. The van der Waals surface area contributed by atoms with Gasteiger partial charge in [-0.3, -0.25) is 4.98 Å². The molecule has 0 spiro atoms. The molecule has 0 saturated heterocycles. The number of pyridine rings is 1. The van der Waals surface area contributed by atoms with Crippen molar-refractivity contribution >= 4 is 5.69 Å². The second-order valence-corrected chi connectivity index (χ2v) is 4.76. The van der Waals surface area contributed by atoms with Crippen LogP contribution in [0, 0.1) is 12.8 Å². The minimum absolute atomic E-state index is 0.641. The molecule has 1 heterocycles. The molecule has 2 rings (SSSR count). The first kappa shape index (κ1) is 10.5. The van der Waals surface area contributed by atoms with Gasteiger partial charge in [-0.25, -0.2) is 0 Å². The number of hydrogen-bond acceptors (Lipinski definition) is 2. The minimum atomic E-state index is 0.641. The molecule has 2 nitrogen and oxygen atoms in total. The Morgan fingerprint density at radius 1 is 1.27 bits per heavy atom. The fraction of sp³-hybridized carbons (Fsp3) is 0.615. The fourth-order valence-electron chi connectivity index (χ4n) is 2.38. The van der Waals surface area contributed by atoms with Crippen LogP contribution in [0.2, 0.25) is 0 Å². The maximum atomic E-state index is 4.21. The van der Waals surface area contributed by atoms with Crippen LogP contribution < -0.4 is 5.32 Å². The minimum Gasteiger partial charge on any atom is -0.381 e. The van der Waals surface area contributed by atoms with Crippen LogP contribution in [0.1, 0.15) is 38.2 Å². The summed E-state index contributed by atoms with van der Waals surface area (Å²) in [5, 5.41) is 3.61. The van der Waals surface area contributed by atoms with Crippen molar-refractivity contribution < 1.29 is 0 Å². The van der Waals surface area contributed by atoms with Crippen molar-refractivity contribution in [2.45, 2.75) is 45.6 Å². The molecule has 82 valence electrons. The summed E-state index contributed by atoms with van der Waals surface area (Å²) in [5.74, 6) is 0.791. The van der Waals surface area contributed by atoms with Gasteiger partial charge in [0.2, 0.25) is 0 Å². The van der Waals surface area contributed by atoms with Crippen LogP contribution >= 0.6 is 0 Å². The van der Waals surface area contributed by atoms with E-state index in [1.54, 1.807) is 0 Å². The van der Waals surface area contributed by atoms with Crippen LogP contribution in [0.15, 0.2) is 18.5 Å². The smallest absolute Gasteiger partial charge is 0.0531 e. The Bertz CT molecular complexity index is 322. The topological polar surface area (TPSA) is 24.9 Å². The SMILES string of the molecule is Cc1cncc(NC2CCCCC2C)c1. The molecule has 1 aromatic rings. The molecule has 1 fully saturated rings. The quantitative estimate of drug-likeness (QED) is 0.798. The third-order valence-corrected chi connectivity index (χ3v) is 3.34. The number of aryl methyl sites for hydroxylation is 1. The molecule has 2 unspecified atom stereocenters. The van der Waals surface area contributed by atoms with E-state index in [0.29, 0.717) is 6.04 Å². The summed E-state index contributed by atoms with van der Waals surface area (Å²) in [6.45, 7) is 4.43. The van der Waals surface area contributed by atoms with Crippen LogP contribution in [0.25, 0.3) is 0 Å². The van der Waals surface area contributed by atoms with Gasteiger partial charge in [-0.15, -0.1) is 0 Å². The Balaban J connectivity index is 2.01. The lowest BCUT2D eigenvalue weighted by Gasteiger charge is -2.30. The largest absolute Gasteiger partial charge is 0.381 e. The van der Waals surface area contributed by atoms with Crippen LogP contribution in [0.4, 0.5) is 5.69 Å². The summed E-state index contributed by atoms with van der Waals surface area (Å²) in [6, 6.07) is 2.82. The zero-order valence-electron chi connectivity index (χ0n) is 9.66. The molecule has 1 N–H and O–H groups in total. The summed E-state index contributed by atoms with van der Waals surface area (Å²) in [4.78, 5) is 4.21. The van der Waals surface area contributed by atoms with E-state index in [1.165, 1.54) is 36.9 Å².